The molecule has 0 amide bonds. The summed E-state index contributed by atoms with van der Waals surface area (Å²) >= 11 is 0. The quantitative estimate of drug-likeness (QED) is 0.583. The molecule has 6 nitrogen and oxygen atoms in total. The van der Waals surface area contributed by atoms with Gasteiger partial charge in [0.2, 0.25) is 0 Å². The maximum atomic E-state index is 12.0. The molecule has 0 heterocycles. The topological polar surface area (TPSA) is 107 Å². The first-order valence-electron chi connectivity index (χ1n) is 8.35. The fraction of sp³-hybridized carbons (Fsp3) is 0.250. The summed E-state index contributed by atoms with van der Waals surface area (Å²) in [4.78, 5) is 34.5. The summed E-state index contributed by atoms with van der Waals surface area (Å²) < 4.78 is 5.21. The Balaban J connectivity index is 1.69. The highest BCUT2D eigenvalue weighted by atomic mass is 16.5. The van der Waals surface area contributed by atoms with Crippen LogP contribution in [0.15, 0.2) is 48.5 Å². The molecule has 134 valence electrons. The number of Topliss-reactive ketones (excluding diaryl/α,β-unsaturated/α-hetero) is 1. The van der Waals surface area contributed by atoms with Gasteiger partial charge in [-0.15, -0.1) is 0 Å². The van der Waals surface area contributed by atoms with E-state index in [1.807, 2.05) is 48.5 Å². The van der Waals surface area contributed by atoms with Gasteiger partial charge in [0.05, 0.1) is 6.04 Å². The van der Waals surface area contributed by atoms with Crippen LogP contribution in [-0.2, 0) is 19.1 Å². The number of carbonyl (C=O) groups is 3. The van der Waals surface area contributed by atoms with E-state index in [1.54, 1.807) is 0 Å². The van der Waals surface area contributed by atoms with Gasteiger partial charge >= 0.3 is 11.9 Å². The molecule has 6 heteroatoms. The van der Waals surface area contributed by atoms with Gasteiger partial charge < -0.3 is 15.6 Å². The molecule has 0 spiro atoms. The van der Waals surface area contributed by atoms with Crippen LogP contribution in [0.3, 0.4) is 0 Å². The van der Waals surface area contributed by atoms with E-state index in [-0.39, 0.29) is 25.4 Å². The van der Waals surface area contributed by atoms with E-state index < -0.39 is 23.8 Å². The van der Waals surface area contributed by atoms with Crippen molar-refractivity contribution >= 4 is 17.7 Å². The zero-order chi connectivity index (χ0) is 18.7. The van der Waals surface area contributed by atoms with Crippen molar-refractivity contribution in [3.63, 3.8) is 0 Å². The molecule has 3 N–H and O–H groups in total. The molecule has 0 saturated heterocycles. The largest absolute Gasteiger partial charge is 0.481 e. The molecule has 0 aromatic heterocycles. The van der Waals surface area contributed by atoms with E-state index in [0.717, 1.165) is 22.3 Å². The van der Waals surface area contributed by atoms with Crippen molar-refractivity contribution in [2.45, 2.75) is 24.8 Å². The van der Waals surface area contributed by atoms with Crippen molar-refractivity contribution in [2.24, 2.45) is 5.73 Å². The Kier molecular flexibility index (Phi) is 5.14. The standard InChI is InChI=1S/C20H19NO5/c21-17(9-10-18(22)23)19(24)20(25)26-11-16-14-7-3-1-5-12(14)13-6-2-4-8-15(13)16/h1-8,16-17H,9-11,21H2,(H,22,23)/t17-/m0/s1. The predicted octanol–water partition coefficient (Wildman–Crippen LogP) is 2.10. The molecule has 0 fully saturated rings. The van der Waals surface area contributed by atoms with Gasteiger partial charge in [0, 0.05) is 12.3 Å². The Morgan fingerprint density at radius 3 is 2.08 bits per heavy atom. The number of hydrogen-bond donors (Lipinski definition) is 2. The molecular formula is C20H19NO5. The minimum Gasteiger partial charge on any atom is -0.481 e. The fourth-order valence-electron chi connectivity index (χ4n) is 3.23. The normalized spacial score (nSPS) is 13.6. The van der Waals surface area contributed by atoms with Crippen LogP contribution in [0, 0.1) is 0 Å². The van der Waals surface area contributed by atoms with Crippen LogP contribution in [0.1, 0.15) is 29.9 Å². The molecule has 26 heavy (non-hydrogen) atoms. The van der Waals surface area contributed by atoms with Gasteiger partial charge in [0.25, 0.3) is 5.78 Å². The SMILES string of the molecule is N[C@@H](CCC(=O)O)C(=O)C(=O)OCC1c2ccccc2-c2ccccc21. The van der Waals surface area contributed by atoms with Crippen LogP contribution in [0.5, 0.6) is 0 Å². The van der Waals surface area contributed by atoms with E-state index in [2.05, 4.69) is 0 Å². The van der Waals surface area contributed by atoms with Crippen LogP contribution >= 0.6 is 0 Å². The number of fused-ring (bicyclic) bond motifs is 3. The highest BCUT2D eigenvalue weighted by Crippen LogP contribution is 2.44. The number of ether oxygens (including phenoxy) is 1. The molecule has 2 aromatic carbocycles. The van der Waals surface area contributed by atoms with Gasteiger partial charge in [-0.2, -0.15) is 0 Å². The van der Waals surface area contributed by atoms with E-state index in [4.69, 9.17) is 15.6 Å². The van der Waals surface area contributed by atoms with Gasteiger partial charge in [-0.3, -0.25) is 9.59 Å². The average Bonchev–Trinajstić information content (AvgIpc) is 2.97. The Morgan fingerprint density at radius 2 is 1.54 bits per heavy atom. The number of carboxylic acids is 1. The van der Waals surface area contributed by atoms with Gasteiger partial charge in [0.1, 0.15) is 6.61 Å². The number of ketones is 1. The van der Waals surface area contributed by atoms with Crippen molar-refractivity contribution in [2.75, 3.05) is 6.61 Å². The molecule has 0 unspecified atom stereocenters. The summed E-state index contributed by atoms with van der Waals surface area (Å²) in [6.07, 6.45) is -0.373. The van der Waals surface area contributed by atoms with Gasteiger partial charge in [-0.25, -0.2) is 4.79 Å². The fourth-order valence-corrected chi connectivity index (χ4v) is 3.23. The summed E-state index contributed by atoms with van der Waals surface area (Å²) in [6, 6.07) is 14.6. The minimum atomic E-state index is -1.17. The third-order valence-corrected chi connectivity index (χ3v) is 4.55. The first-order chi connectivity index (χ1) is 12.5. The molecule has 0 radical (unpaired) electrons. The highest BCUT2D eigenvalue weighted by molar-refractivity contribution is 6.35. The van der Waals surface area contributed by atoms with Gasteiger partial charge in [-0.05, 0) is 28.7 Å². The Bertz CT molecular complexity index is 815. The number of nitrogens with two attached hydrogens (primary N) is 1. The summed E-state index contributed by atoms with van der Waals surface area (Å²) in [5.74, 6) is -3.13. The van der Waals surface area contributed by atoms with Crippen LogP contribution in [0.25, 0.3) is 11.1 Å². The molecule has 1 aliphatic rings. The predicted molar refractivity (Wildman–Crippen MR) is 94.5 cm³/mol. The van der Waals surface area contributed by atoms with Crippen LogP contribution in [-0.4, -0.2) is 35.5 Å². The molecule has 1 aliphatic carbocycles. The Hall–Kier alpha value is -2.99. The number of esters is 1. The highest BCUT2D eigenvalue weighted by Gasteiger charge is 2.31. The minimum absolute atomic E-state index is 0.0320. The number of benzene rings is 2. The second-order valence-corrected chi connectivity index (χ2v) is 6.23. The zero-order valence-corrected chi connectivity index (χ0v) is 14.1. The number of aliphatic carboxylic acids is 1. The average molecular weight is 353 g/mol. The van der Waals surface area contributed by atoms with Crippen molar-refractivity contribution < 1.29 is 24.2 Å². The lowest BCUT2D eigenvalue weighted by molar-refractivity contribution is -0.154. The summed E-state index contributed by atoms with van der Waals surface area (Å²) in [6.45, 7) is 0.0320. The summed E-state index contributed by atoms with van der Waals surface area (Å²) in [7, 11) is 0. The van der Waals surface area contributed by atoms with Crippen molar-refractivity contribution in [3.05, 3.63) is 59.7 Å². The van der Waals surface area contributed by atoms with Crippen molar-refractivity contribution in [1.82, 2.24) is 0 Å². The van der Waals surface area contributed by atoms with E-state index >= 15 is 0 Å². The molecule has 1 atom stereocenters. The summed E-state index contributed by atoms with van der Waals surface area (Å²) in [5, 5.41) is 8.63. The molecular weight excluding hydrogens is 334 g/mol. The molecule has 3 rings (SSSR count). The smallest absolute Gasteiger partial charge is 0.376 e. The summed E-state index contributed by atoms with van der Waals surface area (Å²) in [5.41, 5.74) is 9.86. The monoisotopic (exact) mass is 353 g/mol. The maximum absolute atomic E-state index is 12.0. The number of rotatable bonds is 7. The lowest BCUT2D eigenvalue weighted by Gasteiger charge is -2.15. The third-order valence-electron chi connectivity index (χ3n) is 4.55. The zero-order valence-electron chi connectivity index (χ0n) is 14.1. The van der Waals surface area contributed by atoms with Crippen molar-refractivity contribution in [1.29, 1.82) is 0 Å². The second kappa shape index (κ2) is 7.49. The molecule has 0 aliphatic heterocycles. The number of hydrogen-bond acceptors (Lipinski definition) is 5. The molecule has 0 bridgehead atoms. The van der Waals surface area contributed by atoms with Crippen molar-refractivity contribution in [3.8, 4) is 11.1 Å². The second-order valence-electron chi connectivity index (χ2n) is 6.23. The van der Waals surface area contributed by atoms with E-state index in [0.29, 0.717) is 0 Å². The number of carboxylic acid groups (broad SMARTS) is 1. The maximum Gasteiger partial charge on any atom is 0.376 e. The van der Waals surface area contributed by atoms with E-state index in [9.17, 15) is 14.4 Å². The molecule has 0 saturated carbocycles. The first-order valence-corrected chi connectivity index (χ1v) is 8.35. The van der Waals surface area contributed by atoms with Crippen LogP contribution < -0.4 is 5.73 Å². The molecule has 2 aromatic rings. The van der Waals surface area contributed by atoms with Crippen LogP contribution in [0.2, 0.25) is 0 Å². The van der Waals surface area contributed by atoms with Gasteiger partial charge in [0.15, 0.2) is 0 Å². The number of carbonyl (C=O) groups excluding carboxylic acids is 2. The van der Waals surface area contributed by atoms with E-state index in [1.165, 1.54) is 0 Å². The third kappa shape index (κ3) is 3.50. The van der Waals surface area contributed by atoms with Crippen LogP contribution in [0.4, 0.5) is 0 Å². The van der Waals surface area contributed by atoms with Gasteiger partial charge in [-0.1, -0.05) is 48.5 Å². The first kappa shape index (κ1) is 17.8. The lowest BCUT2D eigenvalue weighted by Crippen LogP contribution is -2.37. The Morgan fingerprint density at radius 1 is 1.00 bits per heavy atom. The lowest BCUT2D eigenvalue weighted by atomic mass is 9.98. The Labute approximate surface area is 150 Å².